The standard InChI is InChI=1S/C20H24ClN3O3/c1-24(15-16-5-3-2-4-6-16)19(25)11-12-22-20(26)23-13-14-27-18-9-7-17(21)8-10-18/h2-10H,11-15H2,1H3,(H2,22,23,26). The molecule has 0 aliphatic rings. The van der Waals surface area contributed by atoms with E-state index < -0.39 is 0 Å². The molecule has 0 saturated heterocycles. The summed E-state index contributed by atoms with van der Waals surface area (Å²) in [5.74, 6) is 0.666. The first-order valence-electron chi connectivity index (χ1n) is 8.72. The SMILES string of the molecule is CN(Cc1ccccc1)C(=O)CCNC(=O)NCCOc1ccc(Cl)cc1. The minimum atomic E-state index is -0.326. The monoisotopic (exact) mass is 389 g/mol. The lowest BCUT2D eigenvalue weighted by Crippen LogP contribution is -2.39. The lowest BCUT2D eigenvalue weighted by Gasteiger charge is -2.17. The van der Waals surface area contributed by atoms with Gasteiger partial charge < -0.3 is 20.3 Å². The Morgan fingerprint density at radius 1 is 1.00 bits per heavy atom. The first kappa shape index (κ1) is 20.6. The second kappa shape index (κ2) is 11.1. The van der Waals surface area contributed by atoms with Crippen molar-refractivity contribution in [2.75, 3.05) is 26.7 Å². The summed E-state index contributed by atoms with van der Waals surface area (Å²) in [4.78, 5) is 25.5. The maximum Gasteiger partial charge on any atom is 0.314 e. The molecule has 0 saturated carbocycles. The lowest BCUT2D eigenvalue weighted by molar-refractivity contribution is -0.130. The van der Waals surface area contributed by atoms with E-state index in [0.717, 1.165) is 5.56 Å². The molecule has 0 aliphatic carbocycles. The molecular formula is C20H24ClN3O3. The normalized spacial score (nSPS) is 10.1. The van der Waals surface area contributed by atoms with Gasteiger partial charge in [0.15, 0.2) is 0 Å². The number of amides is 3. The molecule has 144 valence electrons. The van der Waals surface area contributed by atoms with Crippen molar-refractivity contribution in [2.45, 2.75) is 13.0 Å². The van der Waals surface area contributed by atoms with E-state index in [1.165, 1.54) is 0 Å². The Hall–Kier alpha value is -2.73. The summed E-state index contributed by atoms with van der Waals surface area (Å²) in [6.07, 6.45) is 0.248. The Kier molecular flexibility index (Phi) is 8.45. The number of rotatable bonds is 9. The summed E-state index contributed by atoms with van der Waals surface area (Å²) < 4.78 is 5.48. The fourth-order valence-electron chi connectivity index (χ4n) is 2.35. The Bertz CT molecular complexity index is 723. The van der Waals surface area contributed by atoms with Crippen LogP contribution >= 0.6 is 11.6 Å². The summed E-state index contributed by atoms with van der Waals surface area (Å²) in [6, 6.07) is 16.4. The van der Waals surface area contributed by atoms with Crippen molar-refractivity contribution in [1.82, 2.24) is 15.5 Å². The summed E-state index contributed by atoms with van der Waals surface area (Å²) >= 11 is 5.80. The van der Waals surface area contributed by atoms with Crippen LogP contribution in [0.5, 0.6) is 5.75 Å². The van der Waals surface area contributed by atoms with Crippen LogP contribution in [-0.2, 0) is 11.3 Å². The Morgan fingerprint density at radius 2 is 1.67 bits per heavy atom. The van der Waals surface area contributed by atoms with Crippen LogP contribution in [-0.4, -0.2) is 43.6 Å². The van der Waals surface area contributed by atoms with Crippen LogP contribution in [0, 0.1) is 0 Å². The number of hydrogen-bond acceptors (Lipinski definition) is 3. The second-order valence-electron chi connectivity index (χ2n) is 5.97. The Morgan fingerprint density at radius 3 is 2.37 bits per heavy atom. The third-order valence-corrected chi connectivity index (χ3v) is 4.03. The molecule has 2 N–H and O–H groups in total. The van der Waals surface area contributed by atoms with Gasteiger partial charge in [0.2, 0.25) is 5.91 Å². The van der Waals surface area contributed by atoms with Crippen LogP contribution in [0.3, 0.4) is 0 Å². The van der Waals surface area contributed by atoms with Crippen LogP contribution < -0.4 is 15.4 Å². The van der Waals surface area contributed by atoms with Gasteiger partial charge in [-0.3, -0.25) is 4.79 Å². The highest BCUT2D eigenvalue weighted by Crippen LogP contribution is 2.15. The molecule has 0 unspecified atom stereocenters. The van der Waals surface area contributed by atoms with Crippen molar-refractivity contribution >= 4 is 23.5 Å². The van der Waals surface area contributed by atoms with Crippen molar-refractivity contribution < 1.29 is 14.3 Å². The van der Waals surface area contributed by atoms with Crippen LogP contribution in [0.15, 0.2) is 54.6 Å². The number of halogens is 1. The van der Waals surface area contributed by atoms with Gasteiger partial charge in [-0.05, 0) is 29.8 Å². The van der Waals surface area contributed by atoms with E-state index in [1.54, 1.807) is 36.2 Å². The second-order valence-corrected chi connectivity index (χ2v) is 6.41. The zero-order chi connectivity index (χ0) is 19.5. The maximum atomic E-state index is 12.1. The highest BCUT2D eigenvalue weighted by atomic mass is 35.5. The van der Waals surface area contributed by atoms with Crippen LogP contribution in [0.25, 0.3) is 0 Å². The minimum Gasteiger partial charge on any atom is -0.492 e. The molecule has 0 spiro atoms. The van der Waals surface area contributed by atoms with Crippen molar-refractivity contribution in [3.63, 3.8) is 0 Å². The predicted octanol–water partition coefficient (Wildman–Crippen LogP) is 3.07. The smallest absolute Gasteiger partial charge is 0.314 e. The third kappa shape index (κ3) is 8.00. The third-order valence-electron chi connectivity index (χ3n) is 3.78. The predicted molar refractivity (Wildman–Crippen MR) is 106 cm³/mol. The fraction of sp³-hybridized carbons (Fsp3) is 0.300. The van der Waals surface area contributed by atoms with Gasteiger partial charge in [-0.15, -0.1) is 0 Å². The fourth-order valence-corrected chi connectivity index (χ4v) is 2.47. The van der Waals surface area contributed by atoms with E-state index in [9.17, 15) is 9.59 Å². The molecule has 2 aromatic carbocycles. The van der Waals surface area contributed by atoms with Crippen molar-refractivity contribution in [3.8, 4) is 5.75 Å². The molecule has 3 amide bonds. The number of hydrogen-bond donors (Lipinski definition) is 2. The van der Waals surface area contributed by atoms with Gasteiger partial charge in [-0.2, -0.15) is 0 Å². The van der Waals surface area contributed by atoms with E-state index in [1.807, 2.05) is 30.3 Å². The van der Waals surface area contributed by atoms with E-state index >= 15 is 0 Å². The number of nitrogens with zero attached hydrogens (tertiary/aromatic N) is 1. The van der Waals surface area contributed by atoms with Gasteiger partial charge in [0, 0.05) is 31.6 Å². The average Bonchev–Trinajstić information content (AvgIpc) is 2.67. The molecule has 0 radical (unpaired) electrons. The van der Waals surface area contributed by atoms with Crippen molar-refractivity contribution in [3.05, 3.63) is 65.2 Å². The first-order chi connectivity index (χ1) is 13.0. The molecule has 2 aromatic rings. The number of benzene rings is 2. The van der Waals surface area contributed by atoms with Crippen LogP contribution in [0.2, 0.25) is 5.02 Å². The highest BCUT2D eigenvalue weighted by molar-refractivity contribution is 6.30. The van der Waals surface area contributed by atoms with Gasteiger partial charge in [0.05, 0.1) is 6.54 Å². The van der Waals surface area contributed by atoms with Gasteiger partial charge in [0.25, 0.3) is 0 Å². The van der Waals surface area contributed by atoms with E-state index in [4.69, 9.17) is 16.3 Å². The number of carbonyl (C=O) groups excluding carboxylic acids is 2. The summed E-state index contributed by atoms with van der Waals surface area (Å²) in [7, 11) is 1.75. The number of nitrogens with one attached hydrogen (secondary N) is 2. The van der Waals surface area contributed by atoms with Crippen molar-refractivity contribution in [2.24, 2.45) is 0 Å². The topological polar surface area (TPSA) is 70.7 Å². The molecule has 27 heavy (non-hydrogen) atoms. The molecule has 0 atom stereocenters. The molecule has 0 bridgehead atoms. The molecule has 7 heteroatoms. The zero-order valence-corrected chi connectivity index (χ0v) is 16.0. The molecule has 0 aliphatic heterocycles. The molecular weight excluding hydrogens is 366 g/mol. The van der Waals surface area contributed by atoms with E-state index in [2.05, 4.69) is 10.6 Å². The summed E-state index contributed by atoms with van der Waals surface area (Å²) in [5, 5.41) is 5.99. The largest absolute Gasteiger partial charge is 0.492 e. The number of urea groups is 1. The molecule has 6 nitrogen and oxygen atoms in total. The van der Waals surface area contributed by atoms with Crippen molar-refractivity contribution in [1.29, 1.82) is 0 Å². The molecule has 2 rings (SSSR count). The molecule has 0 heterocycles. The van der Waals surface area contributed by atoms with Crippen LogP contribution in [0.1, 0.15) is 12.0 Å². The minimum absolute atomic E-state index is 0.0229. The first-order valence-corrected chi connectivity index (χ1v) is 9.10. The molecule has 0 aromatic heterocycles. The molecule has 0 fully saturated rings. The quantitative estimate of drug-likeness (QED) is 0.647. The summed E-state index contributed by atoms with van der Waals surface area (Å²) in [6.45, 7) is 1.53. The number of carbonyl (C=O) groups is 2. The number of ether oxygens (including phenoxy) is 1. The zero-order valence-electron chi connectivity index (χ0n) is 15.3. The van der Waals surface area contributed by atoms with Gasteiger partial charge in [-0.25, -0.2) is 4.79 Å². The highest BCUT2D eigenvalue weighted by Gasteiger charge is 2.09. The Labute approximate surface area is 164 Å². The van der Waals surface area contributed by atoms with E-state index in [-0.39, 0.29) is 24.9 Å². The average molecular weight is 390 g/mol. The summed E-state index contributed by atoms with van der Waals surface area (Å²) in [5.41, 5.74) is 1.07. The lowest BCUT2D eigenvalue weighted by atomic mass is 10.2. The van der Waals surface area contributed by atoms with Gasteiger partial charge in [-0.1, -0.05) is 41.9 Å². The van der Waals surface area contributed by atoms with Crippen LogP contribution in [0.4, 0.5) is 4.79 Å². The van der Waals surface area contributed by atoms with Gasteiger partial charge >= 0.3 is 6.03 Å². The Balaban J connectivity index is 1.55. The van der Waals surface area contributed by atoms with E-state index in [0.29, 0.717) is 30.5 Å². The maximum absolute atomic E-state index is 12.1. The van der Waals surface area contributed by atoms with Gasteiger partial charge in [0.1, 0.15) is 12.4 Å².